The maximum absolute atomic E-state index is 12.5. The molecule has 1 aromatic carbocycles. The van der Waals surface area contributed by atoms with E-state index >= 15 is 0 Å². The number of ether oxygens (including phenoxy) is 2. The second-order valence-corrected chi connectivity index (χ2v) is 13.3. The molecule has 0 bridgehead atoms. The summed E-state index contributed by atoms with van der Waals surface area (Å²) in [6.45, 7) is 16.5. The van der Waals surface area contributed by atoms with E-state index in [1.165, 1.54) is 0 Å². The molecule has 3 heterocycles. The maximum Gasteiger partial charge on any atom is 0.410 e. The summed E-state index contributed by atoms with van der Waals surface area (Å²) in [7, 11) is 1.66. The summed E-state index contributed by atoms with van der Waals surface area (Å²) in [4.78, 5) is 23.9. The molecule has 0 unspecified atom stereocenters. The molecule has 9 nitrogen and oxygen atoms in total. The molecule has 0 aliphatic carbocycles. The Morgan fingerprint density at radius 3 is 2.56 bits per heavy atom. The zero-order valence-corrected chi connectivity index (χ0v) is 25.2. The molecule has 0 saturated carbocycles. The smallest absolute Gasteiger partial charge is 0.410 e. The molecule has 1 saturated heterocycles. The number of thiazole rings is 1. The van der Waals surface area contributed by atoms with E-state index in [0.717, 1.165) is 38.9 Å². The number of hydrogen-bond acceptors (Lipinski definition) is 9. The zero-order valence-electron chi connectivity index (χ0n) is 24.3. The van der Waals surface area contributed by atoms with Crippen LogP contribution in [-0.2, 0) is 11.3 Å². The maximum atomic E-state index is 12.5. The average molecular weight is 555 g/mol. The first kappa shape index (κ1) is 28.9. The number of pyridine rings is 1. The Labute approximate surface area is 235 Å². The van der Waals surface area contributed by atoms with Gasteiger partial charge in [0, 0.05) is 31.7 Å². The lowest BCUT2D eigenvalue weighted by atomic mass is 9.88. The van der Waals surface area contributed by atoms with Crippen LogP contribution in [0.1, 0.15) is 60.5 Å². The van der Waals surface area contributed by atoms with Crippen LogP contribution >= 0.6 is 11.3 Å². The Morgan fingerprint density at radius 2 is 1.87 bits per heavy atom. The number of methoxy groups -OCH3 is 1. The third-order valence-electron chi connectivity index (χ3n) is 6.82. The van der Waals surface area contributed by atoms with Crippen molar-refractivity contribution in [2.45, 2.75) is 79.1 Å². The summed E-state index contributed by atoms with van der Waals surface area (Å²) < 4.78 is 12.0. The van der Waals surface area contributed by atoms with Crippen LogP contribution in [0, 0.1) is 5.41 Å². The molecule has 4 rings (SSSR count). The topological polar surface area (TPSA) is 101 Å². The summed E-state index contributed by atoms with van der Waals surface area (Å²) in [5.41, 5.74) is 1.65. The lowest BCUT2D eigenvalue weighted by molar-refractivity contribution is 0.0293. The fourth-order valence-corrected chi connectivity index (χ4v) is 5.08. The average Bonchev–Trinajstić information content (AvgIpc) is 3.46. The summed E-state index contributed by atoms with van der Waals surface area (Å²) in [6.07, 6.45) is 0.552. The molecule has 1 aliphatic heterocycles. The van der Waals surface area contributed by atoms with Crippen molar-refractivity contribution >= 4 is 44.4 Å². The van der Waals surface area contributed by atoms with Crippen molar-refractivity contribution in [2.75, 3.05) is 30.8 Å². The number of nitrogens with zero attached hydrogens (tertiary/aromatic N) is 3. The van der Waals surface area contributed by atoms with Gasteiger partial charge in [0.15, 0.2) is 5.13 Å². The highest BCUT2D eigenvalue weighted by molar-refractivity contribution is 7.22. The number of benzene rings is 1. The Bertz CT molecular complexity index is 1300. The van der Waals surface area contributed by atoms with Crippen LogP contribution in [0.25, 0.3) is 10.2 Å². The first-order valence-corrected chi connectivity index (χ1v) is 14.3. The first-order chi connectivity index (χ1) is 18.3. The molecular weight excluding hydrogens is 512 g/mol. The van der Waals surface area contributed by atoms with Gasteiger partial charge in [-0.25, -0.2) is 14.8 Å². The Balaban J connectivity index is 1.52. The van der Waals surface area contributed by atoms with Crippen molar-refractivity contribution in [2.24, 2.45) is 5.41 Å². The normalized spacial score (nSPS) is 16.8. The fraction of sp³-hybridized carbons (Fsp3) is 0.552. The molecule has 3 aromatic rings. The molecule has 1 amide bonds. The van der Waals surface area contributed by atoms with Gasteiger partial charge in [-0.1, -0.05) is 32.1 Å². The number of fused-ring (bicyclic) bond motifs is 1. The van der Waals surface area contributed by atoms with Crippen LogP contribution in [0.15, 0.2) is 30.3 Å². The molecule has 0 radical (unpaired) electrons. The van der Waals surface area contributed by atoms with Gasteiger partial charge in [0.2, 0.25) is 0 Å². The highest BCUT2D eigenvalue weighted by atomic mass is 32.1. The number of amides is 1. The predicted octanol–water partition coefficient (Wildman–Crippen LogP) is 6.39. The number of aromatic nitrogens is 2. The van der Waals surface area contributed by atoms with Crippen molar-refractivity contribution in [1.82, 2.24) is 20.2 Å². The van der Waals surface area contributed by atoms with Gasteiger partial charge >= 0.3 is 6.09 Å². The standard InChI is InChI=1S/C29H42N6O3S/c1-18(28(2,3)4)30-16-19-13-24(31-20-11-12-35(17-20)27(36)38-29(5,6)7)33-25(14-19)34-26-32-22-10-9-21(37-8)15-23(22)39-26/h9-10,13-15,18,20,30H,11-12,16-17H2,1-8H3,(H2,31,32,33,34)/t18-,20-/m0/s1. The second-order valence-electron chi connectivity index (χ2n) is 12.2. The molecule has 3 N–H and O–H groups in total. The monoisotopic (exact) mass is 554 g/mol. The molecule has 39 heavy (non-hydrogen) atoms. The van der Waals surface area contributed by atoms with Crippen molar-refractivity contribution in [3.8, 4) is 5.75 Å². The van der Waals surface area contributed by atoms with Gasteiger partial charge in [-0.2, -0.15) is 0 Å². The number of rotatable bonds is 8. The summed E-state index contributed by atoms with van der Waals surface area (Å²) in [6, 6.07) is 10.4. The van der Waals surface area contributed by atoms with Crippen molar-refractivity contribution in [3.63, 3.8) is 0 Å². The number of anilines is 3. The van der Waals surface area contributed by atoms with Crippen LogP contribution < -0.4 is 20.7 Å². The third-order valence-corrected chi connectivity index (χ3v) is 7.75. The molecule has 1 fully saturated rings. The molecule has 0 spiro atoms. The van der Waals surface area contributed by atoms with Crippen molar-refractivity contribution in [1.29, 1.82) is 0 Å². The Morgan fingerprint density at radius 1 is 1.13 bits per heavy atom. The van der Waals surface area contributed by atoms with Gasteiger partial charge in [0.25, 0.3) is 0 Å². The molecule has 2 aromatic heterocycles. The molecule has 212 valence electrons. The lowest BCUT2D eigenvalue weighted by Crippen LogP contribution is -2.37. The number of carbonyl (C=O) groups is 1. The van der Waals surface area contributed by atoms with Crippen LogP contribution in [-0.4, -0.2) is 58.8 Å². The first-order valence-electron chi connectivity index (χ1n) is 13.5. The number of hydrogen-bond donors (Lipinski definition) is 3. The fourth-order valence-electron chi connectivity index (χ4n) is 4.18. The molecule has 2 atom stereocenters. The largest absolute Gasteiger partial charge is 0.497 e. The Hall–Kier alpha value is -3.11. The van der Waals surface area contributed by atoms with Gasteiger partial charge in [-0.15, -0.1) is 0 Å². The minimum atomic E-state index is -0.512. The SMILES string of the molecule is COc1ccc2nc(Nc3cc(CN[C@@H](C)C(C)(C)C)cc(N[C@H]4CCN(C(=O)OC(C)(C)C)C4)n3)sc2c1. The van der Waals surface area contributed by atoms with Crippen LogP contribution in [0.2, 0.25) is 0 Å². The quantitative estimate of drug-likeness (QED) is 0.295. The predicted molar refractivity (Wildman–Crippen MR) is 159 cm³/mol. The summed E-state index contributed by atoms with van der Waals surface area (Å²) in [5.74, 6) is 2.28. The van der Waals surface area contributed by atoms with Gasteiger partial charge in [0.05, 0.1) is 17.3 Å². The van der Waals surface area contributed by atoms with Crippen LogP contribution in [0.4, 0.5) is 21.6 Å². The van der Waals surface area contributed by atoms with Crippen molar-refractivity contribution in [3.05, 3.63) is 35.9 Å². The van der Waals surface area contributed by atoms with Gasteiger partial charge in [-0.05, 0) is 75.4 Å². The van der Waals surface area contributed by atoms with Gasteiger partial charge in [-0.3, -0.25) is 0 Å². The highest BCUT2D eigenvalue weighted by Gasteiger charge is 2.30. The van der Waals surface area contributed by atoms with Gasteiger partial charge in [0.1, 0.15) is 23.0 Å². The molecule has 10 heteroatoms. The van der Waals surface area contributed by atoms with E-state index in [2.05, 4.69) is 55.8 Å². The van der Waals surface area contributed by atoms with E-state index < -0.39 is 5.60 Å². The summed E-state index contributed by atoms with van der Waals surface area (Å²) in [5, 5.41) is 11.4. The summed E-state index contributed by atoms with van der Waals surface area (Å²) >= 11 is 1.56. The van der Waals surface area contributed by atoms with E-state index in [-0.39, 0.29) is 17.6 Å². The minimum absolute atomic E-state index is 0.0875. The highest BCUT2D eigenvalue weighted by Crippen LogP contribution is 2.31. The van der Waals surface area contributed by atoms with Crippen LogP contribution in [0.5, 0.6) is 5.75 Å². The van der Waals surface area contributed by atoms with E-state index in [1.807, 2.05) is 39.0 Å². The van der Waals surface area contributed by atoms with Crippen molar-refractivity contribution < 1.29 is 14.3 Å². The zero-order chi connectivity index (χ0) is 28.4. The van der Waals surface area contributed by atoms with E-state index in [1.54, 1.807) is 23.3 Å². The number of nitrogens with one attached hydrogen (secondary N) is 3. The molecular formula is C29H42N6O3S. The minimum Gasteiger partial charge on any atom is -0.497 e. The Kier molecular flexibility index (Phi) is 8.56. The van der Waals surface area contributed by atoms with Crippen LogP contribution in [0.3, 0.4) is 0 Å². The lowest BCUT2D eigenvalue weighted by Gasteiger charge is -2.28. The number of likely N-dealkylation sites (tertiary alicyclic amines) is 1. The van der Waals surface area contributed by atoms with E-state index in [0.29, 0.717) is 31.5 Å². The third kappa shape index (κ3) is 7.95. The van der Waals surface area contributed by atoms with E-state index in [4.69, 9.17) is 19.4 Å². The number of carbonyl (C=O) groups excluding carboxylic acids is 1. The van der Waals surface area contributed by atoms with Gasteiger partial charge < -0.3 is 30.3 Å². The second kappa shape index (κ2) is 11.6. The molecule has 1 aliphatic rings. The van der Waals surface area contributed by atoms with E-state index in [9.17, 15) is 4.79 Å².